The third-order valence-corrected chi connectivity index (χ3v) is 8.60. The van der Waals surface area contributed by atoms with Crippen LogP contribution in [0.15, 0.2) is 162 Å². The van der Waals surface area contributed by atoms with Crippen LogP contribution >= 0.6 is 0 Å². The van der Waals surface area contributed by atoms with Gasteiger partial charge in [0.1, 0.15) is 17.0 Å². The number of nitrogens with zero attached hydrogens (tertiary/aromatic N) is 2. The smallest absolute Gasteiger partial charge is 0.138 e. The number of aromatic nitrogens is 2. The molecular formula is C41H26N2O. The zero-order valence-corrected chi connectivity index (χ0v) is 23.8. The zero-order chi connectivity index (χ0) is 29.0. The standard InChI is InChI=1S/C41H26N2O/c1-3-11-27(12-4-1)31-25-36(28-13-5-2-6-14-28)42-41(26-31)43-37-17-9-7-15-32(37)34-23-29(19-21-38(34)43)30-20-22-40-35(24-30)33-16-8-10-18-39(33)44-40/h1-26H. The van der Waals surface area contributed by atoms with Crippen LogP contribution in [0, 0.1) is 0 Å². The van der Waals surface area contributed by atoms with E-state index in [1.54, 1.807) is 0 Å². The van der Waals surface area contributed by atoms with E-state index in [4.69, 9.17) is 9.40 Å². The minimum atomic E-state index is 0.899. The molecule has 3 heteroatoms. The van der Waals surface area contributed by atoms with Crippen LogP contribution in [0.1, 0.15) is 0 Å². The summed E-state index contributed by atoms with van der Waals surface area (Å²) in [6.07, 6.45) is 0. The molecule has 9 rings (SSSR count). The van der Waals surface area contributed by atoms with E-state index in [0.717, 1.165) is 55.6 Å². The summed E-state index contributed by atoms with van der Waals surface area (Å²) < 4.78 is 8.40. The maximum absolute atomic E-state index is 6.10. The third kappa shape index (κ3) is 3.94. The number of rotatable bonds is 4. The maximum atomic E-state index is 6.10. The van der Waals surface area contributed by atoms with Gasteiger partial charge >= 0.3 is 0 Å². The van der Waals surface area contributed by atoms with Gasteiger partial charge in [-0.25, -0.2) is 4.98 Å². The molecule has 6 aromatic carbocycles. The van der Waals surface area contributed by atoms with Gasteiger partial charge in [-0.1, -0.05) is 109 Å². The summed E-state index contributed by atoms with van der Waals surface area (Å²) in [7, 11) is 0. The zero-order valence-electron chi connectivity index (χ0n) is 23.8. The van der Waals surface area contributed by atoms with E-state index >= 15 is 0 Å². The Bertz CT molecular complexity index is 2430. The van der Waals surface area contributed by atoms with Gasteiger partial charge in [0.25, 0.3) is 0 Å². The maximum Gasteiger partial charge on any atom is 0.138 e. The van der Waals surface area contributed by atoms with E-state index in [0.29, 0.717) is 0 Å². The molecule has 3 heterocycles. The van der Waals surface area contributed by atoms with E-state index < -0.39 is 0 Å². The fourth-order valence-corrected chi connectivity index (χ4v) is 6.49. The summed E-state index contributed by atoms with van der Waals surface area (Å²) in [5, 5.41) is 4.67. The van der Waals surface area contributed by atoms with Crippen molar-refractivity contribution in [3.63, 3.8) is 0 Å². The van der Waals surface area contributed by atoms with E-state index in [9.17, 15) is 0 Å². The van der Waals surface area contributed by atoms with Crippen molar-refractivity contribution in [1.29, 1.82) is 0 Å². The second-order valence-corrected chi connectivity index (χ2v) is 11.2. The molecule has 206 valence electrons. The van der Waals surface area contributed by atoms with Gasteiger partial charge in [0.2, 0.25) is 0 Å². The van der Waals surface area contributed by atoms with Crippen molar-refractivity contribution in [3.8, 4) is 39.3 Å². The lowest BCUT2D eigenvalue weighted by atomic mass is 10.0. The third-order valence-electron chi connectivity index (χ3n) is 8.60. The normalized spacial score (nSPS) is 11.6. The largest absolute Gasteiger partial charge is 0.456 e. The predicted octanol–water partition coefficient (Wildman–Crippen LogP) is 11.1. The summed E-state index contributed by atoms with van der Waals surface area (Å²) >= 11 is 0. The van der Waals surface area contributed by atoms with Crippen LogP contribution in [0.25, 0.3) is 83.1 Å². The van der Waals surface area contributed by atoms with Crippen LogP contribution in [0.3, 0.4) is 0 Å². The van der Waals surface area contributed by atoms with Crippen LogP contribution in [0.2, 0.25) is 0 Å². The molecule has 44 heavy (non-hydrogen) atoms. The summed E-state index contributed by atoms with van der Waals surface area (Å²) in [5.74, 6) is 0.899. The quantitative estimate of drug-likeness (QED) is 0.214. The molecule has 0 spiro atoms. The first-order chi connectivity index (χ1) is 21.8. The summed E-state index contributed by atoms with van der Waals surface area (Å²) in [6, 6.07) is 55.5. The molecule has 0 saturated heterocycles. The monoisotopic (exact) mass is 562 g/mol. The molecule has 0 amide bonds. The molecule has 0 aliphatic rings. The van der Waals surface area contributed by atoms with Crippen LogP contribution in [0.5, 0.6) is 0 Å². The number of para-hydroxylation sites is 2. The highest BCUT2D eigenvalue weighted by Gasteiger charge is 2.17. The van der Waals surface area contributed by atoms with Crippen molar-refractivity contribution in [1.82, 2.24) is 9.55 Å². The van der Waals surface area contributed by atoms with E-state index in [-0.39, 0.29) is 0 Å². The number of hydrogen-bond acceptors (Lipinski definition) is 2. The molecule has 0 atom stereocenters. The van der Waals surface area contributed by atoms with Gasteiger partial charge in [0.05, 0.1) is 16.7 Å². The van der Waals surface area contributed by atoms with Gasteiger partial charge in [-0.05, 0) is 70.8 Å². The Labute approximate surface area is 254 Å². The molecule has 0 unspecified atom stereocenters. The van der Waals surface area contributed by atoms with Gasteiger partial charge in [0.15, 0.2) is 0 Å². The molecule has 0 aliphatic heterocycles. The molecule has 9 aromatic rings. The minimum Gasteiger partial charge on any atom is -0.456 e. The fraction of sp³-hybridized carbons (Fsp3) is 0. The number of pyridine rings is 1. The Morgan fingerprint density at radius 3 is 1.82 bits per heavy atom. The van der Waals surface area contributed by atoms with E-state index in [1.807, 2.05) is 18.2 Å². The van der Waals surface area contributed by atoms with Crippen molar-refractivity contribution >= 4 is 43.7 Å². The number of hydrogen-bond donors (Lipinski definition) is 0. The highest BCUT2D eigenvalue weighted by atomic mass is 16.3. The predicted molar refractivity (Wildman–Crippen MR) is 182 cm³/mol. The van der Waals surface area contributed by atoms with Crippen LogP contribution in [-0.4, -0.2) is 9.55 Å². The Hall–Kier alpha value is -5.93. The first kappa shape index (κ1) is 24.6. The van der Waals surface area contributed by atoms with Gasteiger partial charge in [-0.15, -0.1) is 0 Å². The Morgan fingerprint density at radius 2 is 1.00 bits per heavy atom. The van der Waals surface area contributed by atoms with Crippen LogP contribution in [-0.2, 0) is 0 Å². The van der Waals surface area contributed by atoms with Crippen molar-refractivity contribution in [2.45, 2.75) is 0 Å². The number of furan rings is 1. The van der Waals surface area contributed by atoms with Gasteiger partial charge in [-0.2, -0.15) is 0 Å². The number of benzene rings is 6. The Kier molecular flexibility index (Phi) is 5.50. The Morgan fingerprint density at radius 1 is 0.386 bits per heavy atom. The van der Waals surface area contributed by atoms with E-state index in [1.165, 1.54) is 27.5 Å². The molecule has 0 fully saturated rings. The van der Waals surface area contributed by atoms with E-state index in [2.05, 4.69) is 144 Å². The lowest BCUT2D eigenvalue weighted by molar-refractivity contribution is 0.669. The molecule has 0 N–H and O–H groups in total. The van der Waals surface area contributed by atoms with Crippen LogP contribution < -0.4 is 0 Å². The Balaban J connectivity index is 1.27. The van der Waals surface area contributed by atoms with Gasteiger partial charge < -0.3 is 4.42 Å². The molecule has 3 nitrogen and oxygen atoms in total. The van der Waals surface area contributed by atoms with Gasteiger partial charge in [0, 0.05) is 27.1 Å². The van der Waals surface area contributed by atoms with Crippen molar-refractivity contribution < 1.29 is 4.42 Å². The number of fused-ring (bicyclic) bond motifs is 6. The highest BCUT2D eigenvalue weighted by molar-refractivity contribution is 6.11. The fourth-order valence-electron chi connectivity index (χ4n) is 6.49. The average molecular weight is 563 g/mol. The average Bonchev–Trinajstić information content (AvgIpc) is 3.64. The highest BCUT2D eigenvalue weighted by Crippen LogP contribution is 2.38. The second kappa shape index (κ2) is 9.82. The summed E-state index contributed by atoms with van der Waals surface area (Å²) in [6.45, 7) is 0. The topological polar surface area (TPSA) is 31.0 Å². The molecule has 3 aromatic heterocycles. The summed E-state index contributed by atoms with van der Waals surface area (Å²) in [4.78, 5) is 5.26. The SMILES string of the molecule is c1ccc(-c2cc(-c3ccccc3)nc(-n3c4ccccc4c4cc(-c5ccc6oc7ccccc7c6c5)ccc43)c2)cc1. The molecular weight excluding hydrogens is 536 g/mol. The van der Waals surface area contributed by atoms with Crippen molar-refractivity contribution in [3.05, 3.63) is 158 Å². The molecule has 0 saturated carbocycles. The second-order valence-electron chi connectivity index (χ2n) is 11.2. The molecule has 0 aliphatic carbocycles. The molecule has 0 radical (unpaired) electrons. The van der Waals surface area contributed by atoms with Crippen LogP contribution in [0.4, 0.5) is 0 Å². The summed E-state index contributed by atoms with van der Waals surface area (Å²) in [5.41, 5.74) is 10.8. The van der Waals surface area contributed by atoms with Gasteiger partial charge in [-0.3, -0.25) is 4.57 Å². The molecule has 0 bridgehead atoms. The minimum absolute atomic E-state index is 0.899. The first-order valence-electron chi connectivity index (χ1n) is 14.9. The van der Waals surface area contributed by atoms with Crippen molar-refractivity contribution in [2.75, 3.05) is 0 Å². The first-order valence-corrected chi connectivity index (χ1v) is 14.9. The lowest BCUT2D eigenvalue weighted by Crippen LogP contribution is -2.00. The lowest BCUT2D eigenvalue weighted by Gasteiger charge is -2.13. The van der Waals surface area contributed by atoms with Crippen molar-refractivity contribution in [2.24, 2.45) is 0 Å².